The van der Waals surface area contributed by atoms with Crippen LogP contribution in [0.4, 0.5) is 0 Å². The Hall–Kier alpha value is -2.34. The average Bonchev–Trinajstić information content (AvgIpc) is 3.18. The van der Waals surface area contributed by atoms with Gasteiger partial charge in [-0.15, -0.1) is 11.3 Å². The number of aliphatic imine (C=N–C) groups is 1. The standard InChI is InChI=1S/C18H23N5S/c1-3-19-18(21-12-16-14(2)8-11-24-16)20-9-7-15-13-23-10-5-4-6-17(23)22-15/h4-6,8,10-11,13H,3,7,9,12H2,1-2H3,(H2,19,20,21). The van der Waals surface area contributed by atoms with Gasteiger partial charge in [0.05, 0.1) is 12.2 Å². The summed E-state index contributed by atoms with van der Waals surface area (Å²) in [6, 6.07) is 8.18. The lowest BCUT2D eigenvalue weighted by molar-refractivity contribution is 0.792. The molecule has 0 saturated carbocycles. The van der Waals surface area contributed by atoms with Crippen molar-refractivity contribution in [1.82, 2.24) is 20.0 Å². The Kier molecular flexibility index (Phi) is 5.48. The fourth-order valence-electron chi connectivity index (χ4n) is 2.48. The van der Waals surface area contributed by atoms with Crippen LogP contribution in [-0.2, 0) is 13.0 Å². The lowest BCUT2D eigenvalue weighted by Gasteiger charge is -2.10. The van der Waals surface area contributed by atoms with Gasteiger partial charge in [-0.25, -0.2) is 9.98 Å². The Morgan fingerprint density at radius 2 is 2.21 bits per heavy atom. The lowest BCUT2D eigenvalue weighted by atomic mass is 10.3. The average molecular weight is 341 g/mol. The predicted molar refractivity (Wildman–Crippen MR) is 101 cm³/mol. The van der Waals surface area contributed by atoms with Crippen LogP contribution >= 0.6 is 11.3 Å². The van der Waals surface area contributed by atoms with E-state index in [9.17, 15) is 0 Å². The molecule has 126 valence electrons. The number of hydrogen-bond donors (Lipinski definition) is 2. The van der Waals surface area contributed by atoms with Crippen molar-refractivity contribution >= 4 is 22.9 Å². The summed E-state index contributed by atoms with van der Waals surface area (Å²) in [4.78, 5) is 10.6. The van der Waals surface area contributed by atoms with Crippen molar-refractivity contribution in [1.29, 1.82) is 0 Å². The van der Waals surface area contributed by atoms with E-state index in [-0.39, 0.29) is 0 Å². The van der Waals surface area contributed by atoms with Crippen molar-refractivity contribution in [3.8, 4) is 0 Å². The second-order valence-electron chi connectivity index (χ2n) is 5.60. The van der Waals surface area contributed by atoms with Crippen LogP contribution in [0.5, 0.6) is 0 Å². The molecule has 3 aromatic heterocycles. The minimum Gasteiger partial charge on any atom is -0.357 e. The van der Waals surface area contributed by atoms with Crippen LogP contribution in [0.25, 0.3) is 5.65 Å². The smallest absolute Gasteiger partial charge is 0.191 e. The maximum Gasteiger partial charge on any atom is 0.191 e. The number of rotatable bonds is 6. The van der Waals surface area contributed by atoms with E-state index in [2.05, 4.69) is 52.1 Å². The highest BCUT2D eigenvalue weighted by Crippen LogP contribution is 2.16. The van der Waals surface area contributed by atoms with Gasteiger partial charge >= 0.3 is 0 Å². The minimum absolute atomic E-state index is 0.715. The van der Waals surface area contributed by atoms with Gasteiger partial charge in [-0.2, -0.15) is 0 Å². The Morgan fingerprint density at radius 3 is 2.96 bits per heavy atom. The van der Waals surface area contributed by atoms with Crippen molar-refractivity contribution in [3.05, 3.63) is 58.2 Å². The van der Waals surface area contributed by atoms with E-state index in [1.165, 1.54) is 10.4 Å². The van der Waals surface area contributed by atoms with Gasteiger partial charge in [-0.1, -0.05) is 6.07 Å². The second kappa shape index (κ2) is 7.97. The molecule has 3 heterocycles. The normalized spacial score (nSPS) is 11.8. The molecule has 2 N–H and O–H groups in total. The predicted octanol–water partition coefficient (Wildman–Crippen LogP) is 3.00. The van der Waals surface area contributed by atoms with Crippen LogP contribution in [0.1, 0.15) is 23.1 Å². The first-order chi connectivity index (χ1) is 11.8. The maximum absolute atomic E-state index is 4.67. The Labute approximate surface area is 146 Å². The lowest BCUT2D eigenvalue weighted by Crippen LogP contribution is -2.38. The summed E-state index contributed by atoms with van der Waals surface area (Å²) in [7, 11) is 0. The first-order valence-electron chi connectivity index (χ1n) is 8.24. The first kappa shape index (κ1) is 16.5. The van der Waals surface area contributed by atoms with E-state index in [1.54, 1.807) is 11.3 Å². The SMILES string of the molecule is CCNC(=NCc1sccc1C)NCCc1cn2ccccc2n1. The number of hydrogen-bond acceptors (Lipinski definition) is 3. The van der Waals surface area contributed by atoms with Gasteiger partial charge < -0.3 is 15.0 Å². The van der Waals surface area contributed by atoms with E-state index >= 15 is 0 Å². The molecule has 3 rings (SSSR count). The summed E-state index contributed by atoms with van der Waals surface area (Å²) in [5, 5.41) is 8.80. The zero-order valence-corrected chi connectivity index (χ0v) is 14.9. The summed E-state index contributed by atoms with van der Waals surface area (Å²) < 4.78 is 2.05. The highest BCUT2D eigenvalue weighted by Gasteiger charge is 2.03. The second-order valence-corrected chi connectivity index (χ2v) is 6.60. The molecule has 0 aliphatic rings. The molecule has 0 aliphatic carbocycles. The number of nitrogens with zero attached hydrogens (tertiary/aromatic N) is 3. The summed E-state index contributed by atoms with van der Waals surface area (Å²) in [6.07, 6.45) is 4.97. The molecule has 0 aromatic carbocycles. The number of pyridine rings is 1. The highest BCUT2D eigenvalue weighted by atomic mass is 32.1. The molecule has 0 bridgehead atoms. The third-order valence-corrected chi connectivity index (χ3v) is 4.79. The largest absolute Gasteiger partial charge is 0.357 e. The molecule has 6 heteroatoms. The van der Waals surface area contributed by atoms with Crippen molar-refractivity contribution in [2.45, 2.75) is 26.8 Å². The van der Waals surface area contributed by atoms with Crippen molar-refractivity contribution in [2.24, 2.45) is 4.99 Å². The van der Waals surface area contributed by atoms with Gasteiger partial charge in [-0.05, 0) is 43.0 Å². The summed E-state index contributed by atoms with van der Waals surface area (Å²) >= 11 is 1.76. The topological polar surface area (TPSA) is 53.7 Å². The van der Waals surface area contributed by atoms with E-state index in [4.69, 9.17) is 0 Å². The number of thiophene rings is 1. The first-order valence-corrected chi connectivity index (χ1v) is 9.12. The molecule has 0 aliphatic heterocycles. The van der Waals surface area contributed by atoms with Crippen molar-refractivity contribution < 1.29 is 0 Å². The fourth-order valence-corrected chi connectivity index (χ4v) is 3.30. The van der Waals surface area contributed by atoms with Crippen LogP contribution in [0.3, 0.4) is 0 Å². The van der Waals surface area contributed by atoms with E-state index < -0.39 is 0 Å². The van der Waals surface area contributed by atoms with Gasteiger partial charge in [-0.3, -0.25) is 0 Å². The van der Waals surface area contributed by atoms with E-state index in [1.807, 2.05) is 28.8 Å². The molecular formula is C18H23N5S. The van der Waals surface area contributed by atoms with Gasteiger partial charge in [0.25, 0.3) is 0 Å². The van der Waals surface area contributed by atoms with E-state index in [0.29, 0.717) is 6.54 Å². The Balaban J connectivity index is 1.56. The number of guanidine groups is 1. The summed E-state index contributed by atoms with van der Waals surface area (Å²) in [5.74, 6) is 0.856. The monoisotopic (exact) mass is 341 g/mol. The van der Waals surface area contributed by atoms with Crippen LogP contribution < -0.4 is 10.6 Å². The molecule has 24 heavy (non-hydrogen) atoms. The molecule has 0 radical (unpaired) electrons. The Morgan fingerprint density at radius 1 is 1.29 bits per heavy atom. The summed E-state index contributed by atoms with van der Waals surface area (Å²) in [6.45, 7) is 6.58. The van der Waals surface area contributed by atoms with Gasteiger partial charge in [0.2, 0.25) is 0 Å². The molecule has 0 unspecified atom stereocenters. The Bertz CT molecular complexity index is 785. The molecule has 0 spiro atoms. The zero-order chi connectivity index (χ0) is 16.8. The van der Waals surface area contributed by atoms with Crippen molar-refractivity contribution in [2.75, 3.05) is 13.1 Å². The van der Waals surface area contributed by atoms with Gasteiger partial charge in [0.15, 0.2) is 5.96 Å². The molecule has 0 amide bonds. The highest BCUT2D eigenvalue weighted by molar-refractivity contribution is 7.10. The summed E-state index contributed by atoms with van der Waals surface area (Å²) in [5.41, 5.74) is 3.38. The van der Waals surface area contributed by atoms with Gasteiger partial charge in [0.1, 0.15) is 5.65 Å². The van der Waals surface area contributed by atoms with Gasteiger partial charge in [0, 0.05) is 36.8 Å². The molecule has 5 nitrogen and oxygen atoms in total. The molecule has 0 fully saturated rings. The third-order valence-electron chi connectivity index (χ3n) is 3.78. The third kappa shape index (κ3) is 4.14. The molecule has 0 saturated heterocycles. The van der Waals surface area contributed by atoms with E-state index in [0.717, 1.165) is 36.8 Å². The number of fused-ring (bicyclic) bond motifs is 1. The molecular weight excluding hydrogens is 318 g/mol. The zero-order valence-electron chi connectivity index (χ0n) is 14.1. The van der Waals surface area contributed by atoms with Crippen LogP contribution in [-0.4, -0.2) is 28.4 Å². The number of nitrogens with one attached hydrogen (secondary N) is 2. The van der Waals surface area contributed by atoms with Crippen molar-refractivity contribution in [3.63, 3.8) is 0 Å². The van der Waals surface area contributed by atoms with Crippen LogP contribution in [0.2, 0.25) is 0 Å². The quantitative estimate of drug-likeness (QED) is 0.535. The number of aryl methyl sites for hydroxylation is 1. The van der Waals surface area contributed by atoms with Crippen LogP contribution in [0.15, 0.2) is 47.0 Å². The molecule has 3 aromatic rings. The fraction of sp³-hybridized carbons (Fsp3) is 0.333. The number of imidazole rings is 1. The molecule has 0 atom stereocenters. The number of aromatic nitrogens is 2. The maximum atomic E-state index is 4.67. The van der Waals surface area contributed by atoms with Crippen LogP contribution in [0, 0.1) is 6.92 Å². The minimum atomic E-state index is 0.715.